The minimum absolute atomic E-state index is 0.00372. The van der Waals surface area contributed by atoms with Crippen molar-refractivity contribution in [2.75, 3.05) is 39.4 Å². The van der Waals surface area contributed by atoms with Crippen LogP contribution in [0, 0.1) is 5.82 Å². The van der Waals surface area contributed by atoms with E-state index in [1.165, 1.54) is 29.2 Å². The van der Waals surface area contributed by atoms with Crippen molar-refractivity contribution in [3.8, 4) is 0 Å². The van der Waals surface area contributed by atoms with Crippen LogP contribution in [0.4, 0.5) is 4.39 Å². The first kappa shape index (κ1) is 21.1. The van der Waals surface area contributed by atoms with Gasteiger partial charge in [0.05, 0.1) is 24.8 Å². The van der Waals surface area contributed by atoms with E-state index in [-0.39, 0.29) is 16.9 Å². The molecule has 31 heavy (non-hydrogen) atoms. The van der Waals surface area contributed by atoms with Crippen molar-refractivity contribution in [3.63, 3.8) is 0 Å². The maximum atomic E-state index is 13.3. The first-order valence-electron chi connectivity index (χ1n) is 10.3. The molecule has 0 aliphatic carbocycles. The molecule has 0 radical (unpaired) electrons. The second-order valence-electron chi connectivity index (χ2n) is 7.59. The molecule has 1 amide bonds. The fourth-order valence-corrected chi connectivity index (χ4v) is 4.05. The van der Waals surface area contributed by atoms with E-state index in [0.29, 0.717) is 31.7 Å². The lowest BCUT2D eigenvalue weighted by atomic mass is 9.96. The standard InChI is InChI=1S/C23H24FN3O4/c24-18-6-4-16(5-7-18)21(28)19-20(17-3-1-8-25-15-17)27(23(30)22(19)29)10-2-9-26-11-13-31-14-12-26/h1,3-8,15,20,28H,2,9-14H2/b21-19-. The highest BCUT2D eigenvalue weighted by atomic mass is 19.1. The first-order chi connectivity index (χ1) is 15.1. The Morgan fingerprint density at radius 2 is 1.87 bits per heavy atom. The molecule has 1 atom stereocenters. The summed E-state index contributed by atoms with van der Waals surface area (Å²) in [7, 11) is 0. The minimum Gasteiger partial charge on any atom is -0.507 e. The van der Waals surface area contributed by atoms with E-state index in [2.05, 4.69) is 9.88 Å². The average Bonchev–Trinajstić information content (AvgIpc) is 3.05. The van der Waals surface area contributed by atoms with Crippen molar-refractivity contribution < 1.29 is 23.8 Å². The zero-order chi connectivity index (χ0) is 21.8. The Morgan fingerprint density at radius 1 is 1.13 bits per heavy atom. The Bertz CT molecular complexity index is 972. The van der Waals surface area contributed by atoms with Crippen molar-refractivity contribution in [1.82, 2.24) is 14.8 Å². The highest BCUT2D eigenvalue weighted by molar-refractivity contribution is 6.46. The molecule has 0 saturated carbocycles. The van der Waals surface area contributed by atoms with Gasteiger partial charge in [0.15, 0.2) is 0 Å². The van der Waals surface area contributed by atoms with Crippen LogP contribution in [0.2, 0.25) is 0 Å². The zero-order valence-electron chi connectivity index (χ0n) is 17.0. The van der Waals surface area contributed by atoms with Crippen molar-refractivity contribution in [1.29, 1.82) is 0 Å². The molecule has 2 aliphatic heterocycles. The number of aliphatic hydroxyl groups excluding tert-OH is 1. The Morgan fingerprint density at radius 3 is 2.55 bits per heavy atom. The van der Waals surface area contributed by atoms with Crippen LogP contribution in [0.5, 0.6) is 0 Å². The van der Waals surface area contributed by atoms with Crippen LogP contribution in [0.1, 0.15) is 23.6 Å². The van der Waals surface area contributed by atoms with Crippen LogP contribution in [0.25, 0.3) is 5.76 Å². The third-order valence-electron chi connectivity index (χ3n) is 5.63. The summed E-state index contributed by atoms with van der Waals surface area (Å²) >= 11 is 0. The van der Waals surface area contributed by atoms with Gasteiger partial charge in [-0.25, -0.2) is 4.39 Å². The summed E-state index contributed by atoms with van der Waals surface area (Å²) in [5.74, 6) is -2.17. The van der Waals surface area contributed by atoms with Gasteiger partial charge < -0.3 is 14.7 Å². The van der Waals surface area contributed by atoms with E-state index < -0.39 is 23.5 Å². The van der Waals surface area contributed by atoms with Gasteiger partial charge >= 0.3 is 0 Å². The molecule has 1 aromatic carbocycles. The van der Waals surface area contributed by atoms with Gasteiger partial charge in [-0.3, -0.25) is 19.5 Å². The molecule has 2 aliphatic rings. The second-order valence-corrected chi connectivity index (χ2v) is 7.59. The molecule has 7 nitrogen and oxygen atoms in total. The number of halogens is 1. The van der Waals surface area contributed by atoms with Crippen molar-refractivity contribution >= 4 is 17.4 Å². The third-order valence-corrected chi connectivity index (χ3v) is 5.63. The SMILES string of the molecule is O=C1C(=O)N(CCCN2CCOCC2)C(c2cccnc2)/C1=C(/O)c1ccc(F)cc1. The lowest BCUT2D eigenvalue weighted by molar-refractivity contribution is -0.140. The molecule has 4 rings (SSSR count). The molecule has 0 spiro atoms. The van der Waals surface area contributed by atoms with E-state index in [1.54, 1.807) is 24.5 Å². The van der Waals surface area contributed by atoms with E-state index in [4.69, 9.17) is 4.74 Å². The molecule has 2 saturated heterocycles. The number of morpholine rings is 1. The fourth-order valence-electron chi connectivity index (χ4n) is 4.05. The van der Waals surface area contributed by atoms with Gasteiger partial charge in [-0.15, -0.1) is 0 Å². The summed E-state index contributed by atoms with van der Waals surface area (Å²) < 4.78 is 18.7. The average molecular weight is 425 g/mol. The number of rotatable bonds is 6. The number of hydrogen-bond acceptors (Lipinski definition) is 6. The number of carbonyl (C=O) groups excluding carboxylic acids is 2. The number of aliphatic hydroxyl groups is 1. The number of benzene rings is 1. The number of amides is 1. The Labute approximate surface area is 179 Å². The van der Waals surface area contributed by atoms with Crippen molar-refractivity contribution in [2.45, 2.75) is 12.5 Å². The molecule has 1 aromatic heterocycles. The number of ketones is 1. The van der Waals surface area contributed by atoms with Gasteiger partial charge in [0.2, 0.25) is 0 Å². The summed E-state index contributed by atoms with van der Waals surface area (Å²) in [5, 5.41) is 10.9. The summed E-state index contributed by atoms with van der Waals surface area (Å²) in [6.45, 7) is 4.21. The summed E-state index contributed by atoms with van der Waals surface area (Å²) in [5.41, 5.74) is 0.911. The van der Waals surface area contributed by atoms with E-state index in [1.807, 2.05) is 0 Å². The molecular formula is C23H24FN3O4. The van der Waals surface area contributed by atoms with Crippen LogP contribution in [0.3, 0.4) is 0 Å². The molecule has 1 N–H and O–H groups in total. The lowest BCUT2D eigenvalue weighted by Crippen LogP contribution is -2.39. The quantitative estimate of drug-likeness (QED) is 0.435. The fraction of sp³-hybridized carbons (Fsp3) is 0.348. The molecule has 1 unspecified atom stereocenters. The van der Waals surface area contributed by atoms with Crippen molar-refractivity contribution in [2.24, 2.45) is 0 Å². The Balaban J connectivity index is 1.64. The van der Waals surface area contributed by atoms with Gasteiger partial charge in [0.1, 0.15) is 11.6 Å². The topological polar surface area (TPSA) is 83.0 Å². The monoisotopic (exact) mass is 425 g/mol. The van der Waals surface area contributed by atoms with Crippen molar-refractivity contribution in [3.05, 3.63) is 71.3 Å². The molecule has 8 heteroatoms. The Hall–Kier alpha value is -3.10. The highest BCUT2D eigenvalue weighted by Crippen LogP contribution is 2.39. The van der Waals surface area contributed by atoms with Gasteiger partial charge in [0.25, 0.3) is 11.7 Å². The molecule has 2 fully saturated rings. The number of pyridine rings is 1. The summed E-state index contributed by atoms with van der Waals surface area (Å²) in [6.07, 6.45) is 3.87. The van der Waals surface area contributed by atoms with Crippen LogP contribution in [0.15, 0.2) is 54.4 Å². The normalized spacial score (nSPS) is 21.6. The number of aromatic nitrogens is 1. The third kappa shape index (κ3) is 4.50. The minimum atomic E-state index is -0.748. The highest BCUT2D eigenvalue weighted by Gasteiger charge is 2.45. The second kappa shape index (κ2) is 9.36. The van der Waals surface area contributed by atoms with E-state index in [0.717, 1.165) is 19.6 Å². The first-order valence-corrected chi connectivity index (χ1v) is 10.3. The van der Waals surface area contributed by atoms with Gasteiger partial charge in [-0.1, -0.05) is 6.07 Å². The maximum Gasteiger partial charge on any atom is 0.295 e. The molecule has 3 heterocycles. The van der Waals surface area contributed by atoms with Gasteiger partial charge in [0, 0.05) is 44.1 Å². The largest absolute Gasteiger partial charge is 0.507 e. The van der Waals surface area contributed by atoms with Crippen LogP contribution in [-0.2, 0) is 14.3 Å². The van der Waals surface area contributed by atoms with Crippen LogP contribution in [-0.4, -0.2) is 71.0 Å². The summed E-state index contributed by atoms with van der Waals surface area (Å²) in [4.78, 5) is 33.7. The van der Waals surface area contributed by atoms with E-state index >= 15 is 0 Å². The number of carbonyl (C=O) groups is 2. The molecule has 162 valence electrons. The van der Waals surface area contributed by atoms with E-state index in [9.17, 15) is 19.1 Å². The smallest absolute Gasteiger partial charge is 0.295 e. The zero-order valence-corrected chi connectivity index (χ0v) is 17.0. The number of hydrogen-bond donors (Lipinski definition) is 1. The van der Waals surface area contributed by atoms with Crippen LogP contribution < -0.4 is 0 Å². The lowest BCUT2D eigenvalue weighted by Gasteiger charge is -2.29. The Kier molecular flexibility index (Phi) is 6.39. The predicted octanol–water partition coefficient (Wildman–Crippen LogP) is 2.36. The van der Waals surface area contributed by atoms with Crippen LogP contribution >= 0.6 is 0 Å². The molecular weight excluding hydrogens is 401 g/mol. The number of nitrogens with zero attached hydrogens (tertiary/aromatic N) is 3. The summed E-state index contributed by atoms with van der Waals surface area (Å²) in [6, 6.07) is 7.92. The number of Topliss-reactive ketones (excluding diaryl/α,β-unsaturated/α-hetero) is 1. The van der Waals surface area contributed by atoms with Gasteiger partial charge in [-0.2, -0.15) is 0 Å². The molecule has 0 bridgehead atoms. The number of ether oxygens (including phenoxy) is 1. The number of likely N-dealkylation sites (tertiary alicyclic amines) is 1. The van der Waals surface area contributed by atoms with Gasteiger partial charge in [-0.05, 0) is 42.3 Å². The maximum absolute atomic E-state index is 13.3. The molecule has 2 aromatic rings. The predicted molar refractivity (Wildman–Crippen MR) is 112 cm³/mol.